The van der Waals surface area contributed by atoms with Crippen LogP contribution in [0, 0.1) is 0 Å². The van der Waals surface area contributed by atoms with Crippen LogP contribution < -0.4 is 9.46 Å². The van der Waals surface area contributed by atoms with E-state index < -0.39 is 29.1 Å². The molecule has 0 saturated carbocycles. The first kappa shape index (κ1) is 16.8. The van der Waals surface area contributed by atoms with Crippen LogP contribution in [0.25, 0.3) is 0 Å². The fraction of sp³-hybridized carbons (Fsp3) is 0.500. The quantitative estimate of drug-likeness (QED) is 0.761. The summed E-state index contributed by atoms with van der Waals surface area (Å²) in [5, 5.41) is 8.88. The van der Waals surface area contributed by atoms with Crippen molar-refractivity contribution in [3.63, 3.8) is 0 Å². The fourth-order valence-corrected chi connectivity index (χ4v) is 2.35. The smallest absolute Gasteiger partial charge is 0.265 e. The Morgan fingerprint density at radius 3 is 2.40 bits per heavy atom. The second-order valence-corrected chi connectivity index (χ2v) is 5.84. The van der Waals surface area contributed by atoms with Gasteiger partial charge in [-0.05, 0) is 30.7 Å². The van der Waals surface area contributed by atoms with Crippen LogP contribution in [0.3, 0.4) is 0 Å². The summed E-state index contributed by atoms with van der Waals surface area (Å²) in [6, 6.07) is 5.58. The van der Waals surface area contributed by atoms with Crippen LogP contribution in [0.2, 0.25) is 0 Å². The molecule has 0 aliphatic carbocycles. The average molecular weight is 309 g/mol. The highest BCUT2D eigenvalue weighted by Gasteiger charge is 2.21. The van der Waals surface area contributed by atoms with Gasteiger partial charge in [0.1, 0.15) is 11.9 Å². The first-order chi connectivity index (χ1) is 9.36. The third-order valence-corrected chi connectivity index (χ3v) is 3.82. The summed E-state index contributed by atoms with van der Waals surface area (Å²) in [5.74, 6) is 0.526. The summed E-state index contributed by atoms with van der Waals surface area (Å²) >= 11 is 0. The zero-order chi connectivity index (χ0) is 15.2. The van der Waals surface area contributed by atoms with E-state index in [-0.39, 0.29) is 4.90 Å². The van der Waals surface area contributed by atoms with E-state index in [9.17, 15) is 17.2 Å². The molecule has 0 aliphatic rings. The van der Waals surface area contributed by atoms with E-state index in [4.69, 9.17) is 9.84 Å². The Bertz CT molecular complexity index is 505. The lowest BCUT2D eigenvalue weighted by Crippen LogP contribution is -2.35. The Morgan fingerprint density at radius 2 is 1.90 bits per heavy atom. The standard InChI is InChI=1S/C12H17F2NO4S/c1-2-7-19-9-3-5-10(6-4-9)20(17,18)15-8-11(16)12(13)14/h3-6,11-12,15-16H,2,7-8H2,1H3. The highest BCUT2D eigenvalue weighted by Crippen LogP contribution is 2.16. The zero-order valence-electron chi connectivity index (χ0n) is 10.9. The van der Waals surface area contributed by atoms with E-state index in [0.717, 1.165) is 6.42 Å². The number of hydrogen-bond donors (Lipinski definition) is 2. The topological polar surface area (TPSA) is 75.6 Å². The molecule has 1 rings (SSSR count). The van der Waals surface area contributed by atoms with Crippen LogP contribution in [0.1, 0.15) is 13.3 Å². The van der Waals surface area contributed by atoms with Crippen molar-refractivity contribution in [2.24, 2.45) is 0 Å². The molecule has 1 aromatic carbocycles. The molecule has 0 radical (unpaired) electrons. The number of halogens is 2. The minimum absolute atomic E-state index is 0.0807. The summed E-state index contributed by atoms with van der Waals surface area (Å²) in [7, 11) is -3.93. The normalized spacial score (nSPS) is 13.4. The Labute approximate surface area is 116 Å². The number of rotatable bonds is 8. The molecule has 1 unspecified atom stereocenters. The van der Waals surface area contributed by atoms with E-state index in [1.165, 1.54) is 24.3 Å². The molecular weight excluding hydrogens is 292 g/mol. The molecular formula is C12H17F2NO4S. The molecule has 0 saturated heterocycles. The molecule has 5 nitrogen and oxygen atoms in total. The molecule has 0 spiro atoms. The molecule has 8 heteroatoms. The van der Waals surface area contributed by atoms with E-state index in [1.807, 2.05) is 11.6 Å². The SMILES string of the molecule is CCCOc1ccc(S(=O)(=O)NCC(O)C(F)F)cc1. The molecule has 1 atom stereocenters. The van der Waals surface area contributed by atoms with E-state index >= 15 is 0 Å². The third-order valence-electron chi connectivity index (χ3n) is 2.38. The van der Waals surface area contributed by atoms with Gasteiger partial charge in [-0.1, -0.05) is 6.92 Å². The maximum Gasteiger partial charge on any atom is 0.265 e. The van der Waals surface area contributed by atoms with Crippen molar-refractivity contribution in [1.29, 1.82) is 0 Å². The highest BCUT2D eigenvalue weighted by molar-refractivity contribution is 7.89. The van der Waals surface area contributed by atoms with Crippen molar-refractivity contribution in [3.05, 3.63) is 24.3 Å². The lowest BCUT2D eigenvalue weighted by atomic mass is 10.3. The summed E-state index contributed by atoms with van der Waals surface area (Å²) in [6.45, 7) is 1.72. The van der Waals surface area contributed by atoms with Gasteiger partial charge in [-0.25, -0.2) is 21.9 Å². The predicted molar refractivity (Wildman–Crippen MR) is 69.4 cm³/mol. The molecule has 114 valence electrons. The van der Waals surface area contributed by atoms with Gasteiger partial charge in [-0.2, -0.15) is 0 Å². The minimum atomic E-state index is -3.93. The van der Waals surface area contributed by atoms with Gasteiger partial charge < -0.3 is 9.84 Å². The molecule has 1 aromatic rings. The number of aliphatic hydroxyl groups is 1. The second-order valence-electron chi connectivity index (χ2n) is 4.07. The van der Waals surface area contributed by atoms with Crippen LogP contribution in [-0.4, -0.2) is 39.2 Å². The molecule has 0 bridgehead atoms. The Morgan fingerprint density at radius 1 is 1.30 bits per heavy atom. The van der Waals surface area contributed by atoms with Gasteiger partial charge >= 0.3 is 0 Å². The summed E-state index contributed by atoms with van der Waals surface area (Å²) in [6.07, 6.45) is -4.20. The maximum absolute atomic E-state index is 12.1. The van der Waals surface area contributed by atoms with Crippen molar-refractivity contribution in [2.75, 3.05) is 13.2 Å². The van der Waals surface area contributed by atoms with Gasteiger partial charge in [0.15, 0.2) is 0 Å². The zero-order valence-corrected chi connectivity index (χ0v) is 11.7. The molecule has 0 aliphatic heterocycles. The summed E-state index contributed by atoms with van der Waals surface area (Å²) in [4.78, 5) is -0.0807. The number of sulfonamides is 1. The van der Waals surface area contributed by atoms with Gasteiger partial charge in [0, 0.05) is 6.54 Å². The molecule has 0 heterocycles. The monoisotopic (exact) mass is 309 g/mol. The molecule has 20 heavy (non-hydrogen) atoms. The van der Waals surface area contributed by atoms with Crippen LogP contribution >= 0.6 is 0 Å². The molecule has 0 aromatic heterocycles. The van der Waals surface area contributed by atoms with Crippen LogP contribution in [0.5, 0.6) is 5.75 Å². The number of alkyl halides is 2. The number of hydrogen-bond acceptors (Lipinski definition) is 4. The van der Waals surface area contributed by atoms with Crippen LogP contribution in [0.15, 0.2) is 29.2 Å². The van der Waals surface area contributed by atoms with Crippen LogP contribution in [0.4, 0.5) is 8.78 Å². The average Bonchev–Trinajstić information content (AvgIpc) is 2.43. The molecule has 0 fully saturated rings. The minimum Gasteiger partial charge on any atom is -0.494 e. The highest BCUT2D eigenvalue weighted by atomic mass is 32.2. The summed E-state index contributed by atoms with van der Waals surface area (Å²) in [5.41, 5.74) is 0. The van der Waals surface area contributed by atoms with Crippen LogP contribution in [-0.2, 0) is 10.0 Å². The number of nitrogens with one attached hydrogen (secondary N) is 1. The van der Waals surface area contributed by atoms with Gasteiger partial charge in [-0.15, -0.1) is 0 Å². The Kier molecular flexibility index (Phi) is 6.31. The molecule has 2 N–H and O–H groups in total. The largest absolute Gasteiger partial charge is 0.494 e. The van der Waals surface area contributed by atoms with E-state index in [1.54, 1.807) is 0 Å². The van der Waals surface area contributed by atoms with Crippen molar-refractivity contribution in [2.45, 2.75) is 30.8 Å². The molecule has 0 amide bonds. The van der Waals surface area contributed by atoms with Crippen molar-refractivity contribution < 1.29 is 27.0 Å². The first-order valence-electron chi connectivity index (χ1n) is 6.05. The predicted octanol–water partition coefficient (Wildman–Crippen LogP) is 1.38. The number of benzene rings is 1. The first-order valence-corrected chi connectivity index (χ1v) is 7.54. The lowest BCUT2D eigenvalue weighted by Gasteiger charge is -2.11. The van der Waals surface area contributed by atoms with Crippen molar-refractivity contribution in [1.82, 2.24) is 4.72 Å². The van der Waals surface area contributed by atoms with E-state index in [2.05, 4.69) is 0 Å². The fourth-order valence-electron chi connectivity index (χ4n) is 1.30. The Balaban J connectivity index is 2.68. The van der Waals surface area contributed by atoms with Gasteiger partial charge in [0.25, 0.3) is 6.43 Å². The number of aliphatic hydroxyl groups excluding tert-OH is 1. The van der Waals surface area contributed by atoms with E-state index in [0.29, 0.717) is 12.4 Å². The third kappa shape index (κ3) is 5.03. The maximum atomic E-state index is 12.1. The van der Waals surface area contributed by atoms with Crippen molar-refractivity contribution >= 4 is 10.0 Å². The number of ether oxygens (including phenoxy) is 1. The lowest BCUT2D eigenvalue weighted by molar-refractivity contribution is -0.000451. The van der Waals surface area contributed by atoms with Gasteiger partial charge in [-0.3, -0.25) is 0 Å². The summed E-state index contributed by atoms with van der Waals surface area (Å²) < 4.78 is 54.9. The van der Waals surface area contributed by atoms with Gasteiger partial charge in [0.05, 0.1) is 11.5 Å². The Hall–Kier alpha value is -1.25. The van der Waals surface area contributed by atoms with Crippen molar-refractivity contribution in [3.8, 4) is 5.75 Å². The van der Waals surface area contributed by atoms with Gasteiger partial charge in [0.2, 0.25) is 10.0 Å². The second kappa shape index (κ2) is 7.51.